The standard InChI is InChI=1S/C26H32ClN3O5S/c1-15-20(21(29-35-15)17-12-8-9-13-18(17)27)23(31)28-19-14-36-26(2,3)22(25(33)34)30(24(19)32)16-10-6-4-5-7-11-16/h8-9,12-13,16,19,22H,4-7,10-11,14H2,1-3H3,(H,28,31)(H,33,34)/t19-,22-/m0/s1. The minimum atomic E-state index is -1.02. The molecule has 1 aromatic carbocycles. The molecule has 10 heteroatoms. The van der Waals surface area contributed by atoms with Gasteiger partial charge in [-0.15, -0.1) is 0 Å². The number of aromatic nitrogens is 1. The molecule has 2 amide bonds. The van der Waals surface area contributed by atoms with Crippen LogP contribution in [0.2, 0.25) is 5.02 Å². The Balaban J connectivity index is 1.67. The fourth-order valence-corrected chi connectivity index (χ4v) is 6.66. The molecule has 2 fully saturated rings. The predicted molar refractivity (Wildman–Crippen MR) is 139 cm³/mol. The number of carboxylic acid groups (broad SMARTS) is 1. The van der Waals surface area contributed by atoms with Crippen molar-refractivity contribution in [2.75, 3.05) is 5.75 Å². The molecule has 36 heavy (non-hydrogen) atoms. The average molecular weight is 534 g/mol. The lowest BCUT2D eigenvalue weighted by Gasteiger charge is -2.41. The van der Waals surface area contributed by atoms with Crippen LogP contribution in [0.4, 0.5) is 0 Å². The third kappa shape index (κ3) is 5.27. The van der Waals surface area contributed by atoms with E-state index in [1.165, 1.54) is 11.8 Å². The fourth-order valence-electron chi connectivity index (χ4n) is 5.24. The fraction of sp³-hybridized carbons (Fsp3) is 0.538. The van der Waals surface area contributed by atoms with Gasteiger partial charge in [0.1, 0.15) is 29.1 Å². The number of halogens is 1. The maximum absolute atomic E-state index is 13.9. The number of carbonyl (C=O) groups excluding carboxylic acids is 2. The minimum absolute atomic E-state index is 0.172. The summed E-state index contributed by atoms with van der Waals surface area (Å²) in [5.74, 6) is -1.31. The van der Waals surface area contributed by atoms with E-state index >= 15 is 0 Å². The second-order valence-corrected chi connectivity index (χ2v) is 12.1. The van der Waals surface area contributed by atoms with E-state index in [4.69, 9.17) is 16.1 Å². The maximum Gasteiger partial charge on any atom is 0.327 e. The van der Waals surface area contributed by atoms with Gasteiger partial charge in [0, 0.05) is 22.1 Å². The monoisotopic (exact) mass is 533 g/mol. The number of carbonyl (C=O) groups is 3. The lowest BCUT2D eigenvalue weighted by Crippen LogP contribution is -2.60. The molecule has 0 bridgehead atoms. The van der Waals surface area contributed by atoms with E-state index < -0.39 is 28.7 Å². The van der Waals surface area contributed by atoms with E-state index in [9.17, 15) is 19.5 Å². The molecule has 0 unspecified atom stereocenters. The van der Waals surface area contributed by atoms with Crippen molar-refractivity contribution in [3.05, 3.63) is 40.6 Å². The van der Waals surface area contributed by atoms with Gasteiger partial charge in [-0.25, -0.2) is 4.79 Å². The number of carboxylic acids is 1. The van der Waals surface area contributed by atoms with Crippen LogP contribution < -0.4 is 5.32 Å². The molecule has 0 radical (unpaired) electrons. The zero-order chi connectivity index (χ0) is 26.0. The van der Waals surface area contributed by atoms with Crippen LogP contribution in [0, 0.1) is 6.92 Å². The Morgan fingerprint density at radius 1 is 1.19 bits per heavy atom. The van der Waals surface area contributed by atoms with Crippen LogP contribution in [-0.4, -0.2) is 61.6 Å². The molecule has 1 aliphatic carbocycles. The van der Waals surface area contributed by atoms with E-state index in [1.54, 1.807) is 36.1 Å². The molecule has 8 nitrogen and oxygen atoms in total. The van der Waals surface area contributed by atoms with Crippen LogP contribution in [-0.2, 0) is 9.59 Å². The lowest BCUT2D eigenvalue weighted by atomic mass is 9.95. The van der Waals surface area contributed by atoms with Gasteiger partial charge in [-0.1, -0.05) is 60.6 Å². The Hall–Kier alpha value is -2.52. The van der Waals surface area contributed by atoms with E-state index in [0.717, 1.165) is 38.5 Å². The number of hydrogen-bond donors (Lipinski definition) is 2. The molecule has 194 valence electrons. The molecule has 2 atom stereocenters. The number of benzene rings is 1. The van der Waals surface area contributed by atoms with E-state index in [2.05, 4.69) is 10.5 Å². The summed E-state index contributed by atoms with van der Waals surface area (Å²) in [6.07, 6.45) is 5.58. The predicted octanol–water partition coefficient (Wildman–Crippen LogP) is 4.93. The molecule has 2 heterocycles. The van der Waals surface area contributed by atoms with Crippen LogP contribution in [0.1, 0.15) is 68.5 Å². The number of amides is 2. The van der Waals surface area contributed by atoms with E-state index in [1.807, 2.05) is 13.8 Å². The SMILES string of the molecule is Cc1onc(-c2ccccc2Cl)c1C(=O)N[C@H]1CSC(C)(C)[C@H](C(=O)O)N(C2CCCCCC2)C1=O. The molecule has 2 aliphatic rings. The molecule has 0 spiro atoms. The van der Waals surface area contributed by atoms with Crippen molar-refractivity contribution < 1.29 is 24.0 Å². The topological polar surface area (TPSA) is 113 Å². The van der Waals surface area contributed by atoms with Gasteiger partial charge in [0.05, 0.1) is 5.02 Å². The number of rotatable bonds is 5. The number of aliphatic carboxylic acids is 1. The molecular weight excluding hydrogens is 502 g/mol. The second kappa shape index (κ2) is 10.8. The lowest BCUT2D eigenvalue weighted by molar-refractivity contribution is -0.154. The summed E-state index contributed by atoms with van der Waals surface area (Å²) in [5, 5.41) is 17.6. The van der Waals surface area contributed by atoms with Gasteiger partial charge >= 0.3 is 5.97 Å². The molecule has 1 aliphatic heterocycles. The molecule has 2 N–H and O–H groups in total. The molecular formula is C26H32ClN3O5S. The normalized spacial score (nSPS) is 23.1. The highest BCUT2D eigenvalue weighted by Gasteiger charge is 2.50. The Morgan fingerprint density at radius 2 is 1.86 bits per heavy atom. The summed E-state index contributed by atoms with van der Waals surface area (Å²) in [6.45, 7) is 5.35. The Labute approximate surface area is 220 Å². The zero-order valence-electron chi connectivity index (χ0n) is 20.8. The van der Waals surface area contributed by atoms with Gasteiger partial charge in [-0.3, -0.25) is 9.59 Å². The van der Waals surface area contributed by atoms with Crippen LogP contribution in [0.5, 0.6) is 0 Å². The third-order valence-corrected chi connectivity index (χ3v) is 8.88. The average Bonchev–Trinajstić information content (AvgIpc) is 2.98. The smallest absolute Gasteiger partial charge is 0.327 e. The van der Waals surface area contributed by atoms with Crippen LogP contribution >= 0.6 is 23.4 Å². The van der Waals surface area contributed by atoms with Crippen molar-refractivity contribution in [3.63, 3.8) is 0 Å². The first kappa shape index (κ1) is 26.5. The minimum Gasteiger partial charge on any atom is -0.480 e. The molecule has 1 saturated carbocycles. The van der Waals surface area contributed by atoms with Gasteiger partial charge in [-0.05, 0) is 39.7 Å². The summed E-state index contributed by atoms with van der Waals surface area (Å²) >= 11 is 7.73. The molecule has 1 aromatic heterocycles. The van der Waals surface area contributed by atoms with Crippen molar-refractivity contribution in [3.8, 4) is 11.3 Å². The highest BCUT2D eigenvalue weighted by Crippen LogP contribution is 2.39. The molecule has 1 saturated heterocycles. The third-order valence-electron chi connectivity index (χ3n) is 7.09. The maximum atomic E-state index is 13.9. The first-order valence-electron chi connectivity index (χ1n) is 12.3. The first-order valence-corrected chi connectivity index (χ1v) is 13.7. The zero-order valence-corrected chi connectivity index (χ0v) is 22.3. The highest BCUT2D eigenvalue weighted by molar-refractivity contribution is 8.00. The number of thioether (sulfide) groups is 1. The summed E-state index contributed by atoms with van der Waals surface area (Å²) in [4.78, 5) is 41.5. The van der Waals surface area contributed by atoms with Crippen molar-refractivity contribution >= 4 is 41.1 Å². The summed E-state index contributed by atoms with van der Waals surface area (Å²) in [5.41, 5.74) is 1.06. The van der Waals surface area contributed by atoms with Gasteiger partial charge in [-0.2, -0.15) is 11.8 Å². The highest BCUT2D eigenvalue weighted by atomic mass is 35.5. The number of nitrogens with one attached hydrogen (secondary N) is 1. The van der Waals surface area contributed by atoms with Crippen molar-refractivity contribution in [2.45, 2.75) is 82.2 Å². The number of nitrogens with zero attached hydrogens (tertiary/aromatic N) is 2. The Kier molecular flexibility index (Phi) is 7.99. The Bertz CT molecular complexity index is 1140. The quantitative estimate of drug-likeness (QED) is 0.524. The van der Waals surface area contributed by atoms with Gasteiger partial charge in [0.25, 0.3) is 5.91 Å². The number of hydrogen-bond acceptors (Lipinski definition) is 6. The van der Waals surface area contributed by atoms with Crippen molar-refractivity contribution in [1.82, 2.24) is 15.4 Å². The number of aryl methyl sites for hydroxylation is 1. The van der Waals surface area contributed by atoms with Crippen LogP contribution in [0.15, 0.2) is 28.8 Å². The summed E-state index contributed by atoms with van der Waals surface area (Å²) < 4.78 is 4.60. The molecule has 4 rings (SSSR count). The Morgan fingerprint density at radius 3 is 2.50 bits per heavy atom. The summed E-state index contributed by atoms with van der Waals surface area (Å²) in [7, 11) is 0. The molecule has 2 aromatic rings. The largest absolute Gasteiger partial charge is 0.480 e. The van der Waals surface area contributed by atoms with Gasteiger partial charge in [0.15, 0.2) is 0 Å². The van der Waals surface area contributed by atoms with E-state index in [0.29, 0.717) is 22.0 Å². The van der Waals surface area contributed by atoms with Crippen molar-refractivity contribution in [2.24, 2.45) is 0 Å². The van der Waals surface area contributed by atoms with Crippen LogP contribution in [0.3, 0.4) is 0 Å². The second-order valence-electron chi connectivity index (χ2n) is 10.0. The summed E-state index contributed by atoms with van der Waals surface area (Å²) in [6, 6.07) is 4.97. The van der Waals surface area contributed by atoms with Crippen molar-refractivity contribution in [1.29, 1.82) is 0 Å². The first-order chi connectivity index (χ1) is 17.1. The van der Waals surface area contributed by atoms with E-state index in [-0.39, 0.29) is 23.3 Å². The van der Waals surface area contributed by atoms with Crippen LogP contribution in [0.25, 0.3) is 11.3 Å². The van der Waals surface area contributed by atoms with Gasteiger partial charge < -0.3 is 19.8 Å². The van der Waals surface area contributed by atoms with Gasteiger partial charge in [0.2, 0.25) is 5.91 Å².